The summed E-state index contributed by atoms with van der Waals surface area (Å²) in [6.45, 7) is -0.338. The van der Waals surface area contributed by atoms with Crippen molar-refractivity contribution in [2.75, 3.05) is 0 Å². The Kier molecular flexibility index (Phi) is 3.25. The minimum absolute atomic E-state index is 0.222. The van der Waals surface area contributed by atoms with E-state index in [9.17, 15) is 8.42 Å². The van der Waals surface area contributed by atoms with Gasteiger partial charge in [0, 0.05) is 5.39 Å². The van der Waals surface area contributed by atoms with E-state index in [1.54, 1.807) is 24.3 Å². The SMILES string of the molecule is NS(=O)(=O)OCc1nnc2ccccc2c1Cl. The van der Waals surface area contributed by atoms with Crippen LogP contribution in [0, 0.1) is 0 Å². The minimum atomic E-state index is -4.02. The fraction of sp³-hybridized carbons (Fsp3) is 0.111. The molecule has 0 spiro atoms. The molecule has 2 N–H and O–H groups in total. The molecule has 0 saturated carbocycles. The molecule has 0 fully saturated rings. The largest absolute Gasteiger partial charge is 0.333 e. The van der Waals surface area contributed by atoms with Gasteiger partial charge in [-0.2, -0.15) is 18.6 Å². The van der Waals surface area contributed by atoms with Crippen LogP contribution in [0.1, 0.15) is 5.69 Å². The Morgan fingerprint density at radius 1 is 1.29 bits per heavy atom. The molecule has 8 heteroatoms. The Labute approximate surface area is 103 Å². The maximum atomic E-state index is 10.6. The molecule has 0 atom stereocenters. The van der Waals surface area contributed by atoms with Crippen molar-refractivity contribution < 1.29 is 12.6 Å². The molecule has 1 heterocycles. The van der Waals surface area contributed by atoms with Crippen molar-refractivity contribution in [3.63, 3.8) is 0 Å². The van der Waals surface area contributed by atoms with Crippen molar-refractivity contribution >= 4 is 32.8 Å². The second-order valence-electron chi connectivity index (χ2n) is 3.23. The van der Waals surface area contributed by atoms with Crippen molar-refractivity contribution in [2.24, 2.45) is 5.14 Å². The van der Waals surface area contributed by atoms with Crippen molar-refractivity contribution in [1.29, 1.82) is 0 Å². The molecule has 0 bridgehead atoms. The van der Waals surface area contributed by atoms with Crippen LogP contribution in [0.15, 0.2) is 24.3 Å². The molecular formula is C9H8ClN3O3S. The Bertz CT molecular complexity index is 660. The zero-order valence-electron chi connectivity index (χ0n) is 8.50. The lowest BCUT2D eigenvalue weighted by molar-refractivity contribution is 0.303. The van der Waals surface area contributed by atoms with E-state index in [1.165, 1.54) is 0 Å². The highest BCUT2D eigenvalue weighted by Gasteiger charge is 2.11. The number of hydrogen-bond donors (Lipinski definition) is 1. The van der Waals surface area contributed by atoms with Crippen LogP contribution >= 0.6 is 11.6 Å². The summed E-state index contributed by atoms with van der Waals surface area (Å²) in [5, 5.41) is 13.4. The third-order valence-electron chi connectivity index (χ3n) is 2.03. The number of benzene rings is 1. The molecule has 0 unspecified atom stereocenters. The van der Waals surface area contributed by atoms with Crippen molar-refractivity contribution in [3.8, 4) is 0 Å². The topological polar surface area (TPSA) is 95.2 Å². The number of hydrogen-bond acceptors (Lipinski definition) is 5. The predicted molar refractivity (Wildman–Crippen MR) is 62.4 cm³/mol. The molecule has 6 nitrogen and oxygen atoms in total. The monoisotopic (exact) mass is 273 g/mol. The van der Waals surface area contributed by atoms with Crippen molar-refractivity contribution in [3.05, 3.63) is 35.0 Å². The van der Waals surface area contributed by atoms with Crippen LogP contribution in [0.5, 0.6) is 0 Å². The maximum absolute atomic E-state index is 10.6. The van der Waals surface area contributed by atoms with Crippen LogP contribution in [-0.4, -0.2) is 18.6 Å². The summed E-state index contributed by atoms with van der Waals surface area (Å²) in [4.78, 5) is 0. The first-order valence-corrected chi connectivity index (χ1v) is 6.39. The average Bonchev–Trinajstić information content (AvgIpc) is 2.27. The molecule has 1 aromatic heterocycles. The second kappa shape index (κ2) is 4.53. The summed E-state index contributed by atoms with van der Waals surface area (Å²) < 4.78 is 25.7. The predicted octanol–water partition coefficient (Wildman–Crippen LogP) is 1.00. The number of fused-ring (bicyclic) bond motifs is 1. The zero-order chi connectivity index (χ0) is 12.5. The molecule has 0 aliphatic rings. The van der Waals surface area contributed by atoms with Crippen molar-refractivity contribution in [1.82, 2.24) is 10.2 Å². The second-order valence-corrected chi connectivity index (χ2v) is 4.83. The highest BCUT2D eigenvalue weighted by atomic mass is 35.5. The van der Waals surface area contributed by atoms with Crippen LogP contribution in [0.25, 0.3) is 10.9 Å². The highest BCUT2D eigenvalue weighted by Crippen LogP contribution is 2.24. The van der Waals surface area contributed by atoms with E-state index in [-0.39, 0.29) is 12.3 Å². The fourth-order valence-electron chi connectivity index (χ4n) is 1.29. The molecule has 2 rings (SSSR count). The third-order valence-corrected chi connectivity index (χ3v) is 2.90. The number of halogens is 1. The van der Waals surface area contributed by atoms with E-state index < -0.39 is 10.3 Å². The third kappa shape index (κ3) is 2.89. The lowest BCUT2D eigenvalue weighted by atomic mass is 10.2. The first-order valence-electron chi connectivity index (χ1n) is 4.54. The molecule has 0 aliphatic carbocycles. The standard InChI is InChI=1S/C9H8ClN3O3S/c10-9-6-3-1-2-4-7(6)12-13-8(9)5-16-17(11,14)15/h1-4H,5H2,(H2,11,14,15). The Hall–Kier alpha value is -1.28. The van der Waals surface area contributed by atoms with Gasteiger partial charge in [-0.25, -0.2) is 5.14 Å². The molecule has 2 aromatic rings. The first kappa shape index (κ1) is 12.2. The normalized spacial score (nSPS) is 11.9. The van der Waals surface area contributed by atoms with Gasteiger partial charge < -0.3 is 0 Å². The number of nitrogens with zero attached hydrogens (tertiary/aromatic N) is 2. The minimum Gasteiger partial charge on any atom is -0.252 e. The summed E-state index contributed by atoms with van der Waals surface area (Å²) in [7, 11) is -4.02. The fourth-order valence-corrected chi connectivity index (χ4v) is 1.82. The number of rotatable bonds is 3. The molecule has 0 radical (unpaired) electrons. The van der Waals surface area contributed by atoms with Gasteiger partial charge in [0.25, 0.3) is 0 Å². The molecule has 17 heavy (non-hydrogen) atoms. The van der Waals surface area contributed by atoms with Gasteiger partial charge >= 0.3 is 10.3 Å². The summed E-state index contributed by atoms with van der Waals surface area (Å²) in [5.41, 5.74) is 0.844. The molecule has 0 aliphatic heterocycles. The number of aromatic nitrogens is 2. The molecule has 90 valence electrons. The zero-order valence-corrected chi connectivity index (χ0v) is 10.1. The lowest BCUT2D eigenvalue weighted by Gasteiger charge is -2.04. The van der Waals surface area contributed by atoms with Gasteiger partial charge in [0.2, 0.25) is 0 Å². The van der Waals surface area contributed by atoms with Gasteiger partial charge in [-0.1, -0.05) is 29.8 Å². The quantitative estimate of drug-likeness (QED) is 0.900. The Balaban J connectivity index is 2.39. The maximum Gasteiger partial charge on any atom is 0.333 e. The van der Waals surface area contributed by atoms with Gasteiger partial charge in [0.15, 0.2) is 0 Å². The first-order chi connectivity index (χ1) is 7.97. The summed E-state index contributed by atoms with van der Waals surface area (Å²) >= 11 is 6.05. The lowest BCUT2D eigenvalue weighted by Crippen LogP contribution is -2.16. The highest BCUT2D eigenvalue weighted by molar-refractivity contribution is 7.84. The number of nitrogens with two attached hydrogens (primary N) is 1. The van der Waals surface area contributed by atoms with Gasteiger partial charge in [0.1, 0.15) is 12.3 Å². The van der Waals surface area contributed by atoms with E-state index in [4.69, 9.17) is 16.7 Å². The summed E-state index contributed by atoms with van der Waals surface area (Å²) in [6.07, 6.45) is 0. The Morgan fingerprint density at radius 2 is 2.00 bits per heavy atom. The summed E-state index contributed by atoms with van der Waals surface area (Å²) in [5.74, 6) is 0. The van der Waals surface area contributed by atoms with E-state index in [1.807, 2.05) is 0 Å². The van der Waals surface area contributed by atoms with Crippen LogP contribution in [0.2, 0.25) is 5.02 Å². The summed E-state index contributed by atoms with van der Waals surface area (Å²) in [6, 6.07) is 7.10. The smallest absolute Gasteiger partial charge is 0.252 e. The van der Waals surface area contributed by atoms with Crippen molar-refractivity contribution in [2.45, 2.75) is 6.61 Å². The van der Waals surface area contributed by atoms with Crippen LogP contribution in [-0.2, 0) is 21.1 Å². The van der Waals surface area contributed by atoms with E-state index in [2.05, 4.69) is 14.4 Å². The molecular weight excluding hydrogens is 266 g/mol. The van der Waals surface area contributed by atoms with Gasteiger partial charge in [-0.15, -0.1) is 0 Å². The molecule has 0 amide bonds. The van der Waals surface area contributed by atoms with Gasteiger partial charge in [0.05, 0.1) is 10.5 Å². The van der Waals surface area contributed by atoms with Crippen LogP contribution < -0.4 is 5.14 Å². The van der Waals surface area contributed by atoms with E-state index in [0.717, 1.165) is 0 Å². The average molecular weight is 274 g/mol. The van der Waals surface area contributed by atoms with Crippen LogP contribution in [0.3, 0.4) is 0 Å². The van der Waals surface area contributed by atoms with E-state index in [0.29, 0.717) is 15.9 Å². The van der Waals surface area contributed by atoms with Crippen LogP contribution in [0.4, 0.5) is 0 Å². The Morgan fingerprint density at radius 3 is 2.71 bits per heavy atom. The van der Waals surface area contributed by atoms with E-state index >= 15 is 0 Å². The molecule has 1 aromatic carbocycles. The molecule has 0 saturated heterocycles. The van der Waals surface area contributed by atoms with Gasteiger partial charge in [-0.05, 0) is 6.07 Å². The van der Waals surface area contributed by atoms with Gasteiger partial charge in [-0.3, -0.25) is 4.18 Å².